The third kappa shape index (κ3) is 3.37. The van der Waals surface area contributed by atoms with Crippen LogP contribution in [0, 0.1) is 11.8 Å². The molecule has 3 heterocycles. The van der Waals surface area contributed by atoms with E-state index in [2.05, 4.69) is 22.0 Å². The maximum atomic E-state index is 12.7. The fraction of sp³-hybridized carbons (Fsp3) is 0.789. The van der Waals surface area contributed by atoms with Crippen molar-refractivity contribution in [2.75, 3.05) is 39.3 Å². The van der Waals surface area contributed by atoms with E-state index in [-0.39, 0.29) is 5.92 Å². The Hall–Kier alpha value is -1.36. The summed E-state index contributed by atoms with van der Waals surface area (Å²) in [6.07, 6.45) is 10.7. The van der Waals surface area contributed by atoms with E-state index in [4.69, 9.17) is 0 Å². The molecule has 3 fully saturated rings. The van der Waals surface area contributed by atoms with Crippen LogP contribution in [0.1, 0.15) is 38.5 Å². The lowest BCUT2D eigenvalue weighted by molar-refractivity contribution is -0.136. The van der Waals surface area contributed by atoms with Crippen molar-refractivity contribution >= 4 is 11.8 Å². The van der Waals surface area contributed by atoms with Gasteiger partial charge in [0, 0.05) is 44.7 Å². The Morgan fingerprint density at radius 3 is 2.08 bits per heavy atom. The van der Waals surface area contributed by atoms with Gasteiger partial charge in [-0.25, -0.2) is 0 Å². The van der Waals surface area contributed by atoms with Gasteiger partial charge >= 0.3 is 0 Å². The van der Waals surface area contributed by atoms with Gasteiger partial charge in [0.2, 0.25) is 11.8 Å². The third-order valence-electron chi connectivity index (χ3n) is 6.15. The Bertz CT molecular complexity index is 513. The molecule has 1 atom stereocenters. The molecule has 0 spiro atoms. The molecule has 0 aromatic heterocycles. The van der Waals surface area contributed by atoms with E-state index in [1.54, 1.807) is 0 Å². The molecule has 5 nitrogen and oxygen atoms in total. The van der Waals surface area contributed by atoms with Crippen LogP contribution in [0.2, 0.25) is 0 Å². The van der Waals surface area contributed by atoms with Gasteiger partial charge in [-0.1, -0.05) is 12.2 Å². The number of likely N-dealkylation sites (tertiary alicyclic amines) is 2. The number of amides is 2. The van der Waals surface area contributed by atoms with Crippen LogP contribution in [0.5, 0.6) is 0 Å². The van der Waals surface area contributed by atoms with Crippen LogP contribution in [0.25, 0.3) is 0 Å². The first-order valence-electron chi connectivity index (χ1n) is 9.69. The number of rotatable bonds is 3. The summed E-state index contributed by atoms with van der Waals surface area (Å²) in [4.78, 5) is 31.4. The number of carbonyl (C=O) groups is 2. The second-order valence-electron chi connectivity index (χ2n) is 7.88. The Kier molecular flexibility index (Phi) is 4.61. The van der Waals surface area contributed by atoms with Crippen LogP contribution in [0.4, 0.5) is 0 Å². The molecular weight excluding hydrogens is 302 g/mol. The number of piperidine rings is 2. The summed E-state index contributed by atoms with van der Waals surface area (Å²) in [6.45, 7) is 5.42. The number of hydrogen-bond donors (Lipinski definition) is 0. The largest absolute Gasteiger partial charge is 0.342 e. The van der Waals surface area contributed by atoms with Crippen molar-refractivity contribution < 1.29 is 9.59 Å². The minimum absolute atomic E-state index is 0.171. The molecule has 5 heteroatoms. The first-order chi connectivity index (χ1) is 11.7. The van der Waals surface area contributed by atoms with Crippen LogP contribution >= 0.6 is 0 Å². The second kappa shape index (κ2) is 6.87. The molecule has 4 rings (SSSR count). The summed E-state index contributed by atoms with van der Waals surface area (Å²) in [6, 6.07) is 0.556. The molecule has 2 amide bonds. The van der Waals surface area contributed by atoms with Crippen molar-refractivity contribution in [2.45, 2.75) is 44.6 Å². The van der Waals surface area contributed by atoms with E-state index < -0.39 is 0 Å². The number of hydrogen-bond acceptors (Lipinski definition) is 3. The van der Waals surface area contributed by atoms with Gasteiger partial charge in [0.15, 0.2) is 0 Å². The lowest BCUT2D eigenvalue weighted by Gasteiger charge is -2.42. The molecular formula is C19H29N3O2. The maximum absolute atomic E-state index is 12.7. The summed E-state index contributed by atoms with van der Waals surface area (Å²) >= 11 is 0. The highest BCUT2D eigenvalue weighted by Gasteiger charge is 2.37. The van der Waals surface area contributed by atoms with Crippen LogP contribution in [0.15, 0.2) is 12.2 Å². The smallest absolute Gasteiger partial charge is 0.227 e. The normalized spacial score (nSPS) is 29.2. The number of nitrogens with zero attached hydrogens (tertiary/aromatic N) is 3. The van der Waals surface area contributed by atoms with Crippen LogP contribution < -0.4 is 0 Å². The predicted molar refractivity (Wildman–Crippen MR) is 92.3 cm³/mol. The van der Waals surface area contributed by atoms with Gasteiger partial charge in [0.1, 0.15) is 0 Å². The van der Waals surface area contributed by atoms with Gasteiger partial charge < -0.3 is 9.80 Å². The topological polar surface area (TPSA) is 43.9 Å². The van der Waals surface area contributed by atoms with E-state index >= 15 is 0 Å². The molecule has 0 radical (unpaired) electrons. The van der Waals surface area contributed by atoms with Gasteiger partial charge in [-0.2, -0.15) is 0 Å². The summed E-state index contributed by atoms with van der Waals surface area (Å²) < 4.78 is 0. The van der Waals surface area contributed by atoms with Crippen molar-refractivity contribution in [1.29, 1.82) is 0 Å². The first kappa shape index (κ1) is 16.1. The van der Waals surface area contributed by atoms with E-state index in [1.165, 1.54) is 0 Å². The fourth-order valence-electron chi connectivity index (χ4n) is 4.50. The van der Waals surface area contributed by atoms with Gasteiger partial charge in [-0.05, 0) is 45.1 Å². The van der Waals surface area contributed by atoms with Gasteiger partial charge in [0.25, 0.3) is 0 Å². The summed E-state index contributed by atoms with van der Waals surface area (Å²) in [5.74, 6) is 1.24. The molecule has 0 N–H and O–H groups in total. The van der Waals surface area contributed by atoms with Crippen molar-refractivity contribution in [2.24, 2.45) is 11.8 Å². The predicted octanol–water partition coefficient (Wildman–Crippen LogP) is 1.50. The first-order valence-corrected chi connectivity index (χ1v) is 9.69. The van der Waals surface area contributed by atoms with Gasteiger partial charge in [0.05, 0.1) is 5.92 Å². The van der Waals surface area contributed by atoms with Gasteiger partial charge in [-0.15, -0.1) is 0 Å². The SMILES string of the molecule is O=C(C1CC1)N1CCC(N2CCC[C@@H](C(=O)N3CC=CC3)C2)CC1. The average Bonchev–Trinajstić information content (AvgIpc) is 3.35. The van der Waals surface area contributed by atoms with Crippen molar-refractivity contribution in [3.63, 3.8) is 0 Å². The summed E-state index contributed by atoms with van der Waals surface area (Å²) in [7, 11) is 0. The summed E-state index contributed by atoms with van der Waals surface area (Å²) in [5, 5.41) is 0. The Morgan fingerprint density at radius 2 is 1.42 bits per heavy atom. The molecule has 1 saturated carbocycles. The monoisotopic (exact) mass is 331 g/mol. The Morgan fingerprint density at radius 1 is 0.750 bits per heavy atom. The molecule has 1 aliphatic carbocycles. The zero-order valence-electron chi connectivity index (χ0n) is 14.5. The van der Waals surface area contributed by atoms with E-state index in [0.29, 0.717) is 23.8 Å². The molecule has 0 bridgehead atoms. The maximum Gasteiger partial charge on any atom is 0.227 e. The van der Waals surface area contributed by atoms with Crippen LogP contribution in [-0.4, -0.2) is 71.8 Å². The van der Waals surface area contributed by atoms with Gasteiger partial charge in [-0.3, -0.25) is 14.5 Å². The minimum atomic E-state index is 0.171. The lowest BCUT2D eigenvalue weighted by atomic mass is 9.93. The molecule has 24 heavy (non-hydrogen) atoms. The molecule has 0 aromatic carbocycles. The van der Waals surface area contributed by atoms with E-state index in [9.17, 15) is 9.59 Å². The molecule has 0 unspecified atom stereocenters. The zero-order chi connectivity index (χ0) is 16.5. The molecule has 2 saturated heterocycles. The van der Waals surface area contributed by atoms with Crippen LogP contribution in [0.3, 0.4) is 0 Å². The quantitative estimate of drug-likeness (QED) is 0.736. The fourth-order valence-corrected chi connectivity index (χ4v) is 4.50. The van der Waals surface area contributed by atoms with Crippen molar-refractivity contribution in [3.8, 4) is 0 Å². The molecule has 4 aliphatic rings. The standard InChI is InChI=1S/C19H29N3O2/c23-18(15-5-6-15)21-12-7-17(8-13-21)22-11-3-4-16(14-22)19(24)20-9-1-2-10-20/h1-2,15-17H,3-14H2/t16-/m1/s1. The molecule has 132 valence electrons. The lowest BCUT2D eigenvalue weighted by Crippen LogP contribution is -2.52. The van der Waals surface area contributed by atoms with Crippen molar-refractivity contribution in [1.82, 2.24) is 14.7 Å². The third-order valence-corrected chi connectivity index (χ3v) is 6.15. The highest BCUT2D eigenvalue weighted by atomic mass is 16.2. The Labute approximate surface area is 144 Å². The molecule has 0 aromatic rings. The Balaban J connectivity index is 1.28. The highest BCUT2D eigenvalue weighted by Crippen LogP contribution is 2.32. The van der Waals surface area contributed by atoms with E-state index in [0.717, 1.165) is 77.8 Å². The zero-order valence-corrected chi connectivity index (χ0v) is 14.5. The second-order valence-corrected chi connectivity index (χ2v) is 7.88. The van der Waals surface area contributed by atoms with Crippen LogP contribution in [-0.2, 0) is 9.59 Å². The number of carbonyl (C=O) groups excluding carboxylic acids is 2. The highest BCUT2D eigenvalue weighted by molar-refractivity contribution is 5.81. The summed E-state index contributed by atoms with van der Waals surface area (Å²) in [5.41, 5.74) is 0. The minimum Gasteiger partial charge on any atom is -0.342 e. The van der Waals surface area contributed by atoms with Crippen molar-refractivity contribution in [3.05, 3.63) is 12.2 Å². The molecule has 3 aliphatic heterocycles. The average molecular weight is 331 g/mol. The van der Waals surface area contributed by atoms with E-state index in [1.807, 2.05) is 4.90 Å².